The highest BCUT2D eigenvalue weighted by Crippen LogP contribution is 2.19. The molecule has 0 spiro atoms. The van der Waals surface area contributed by atoms with E-state index < -0.39 is 0 Å². The molecular weight excluding hydrogens is 362 g/mol. The molecule has 1 aliphatic rings. The number of hydrogen-bond donors (Lipinski definition) is 1. The van der Waals surface area contributed by atoms with Crippen molar-refractivity contribution in [1.82, 2.24) is 15.3 Å². The van der Waals surface area contributed by atoms with Gasteiger partial charge in [0, 0.05) is 45.5 Å². The summed E-state index contributed by atoms with van der Waals surface area (Å²) in [5, 5.41) is 3.27. The molecule has 2 aromatic rings. The Morgan fingerprint density at radius 2 is 1.93 bits per heavy atom. The molecule has 0 bridgehead atoms. The molecule has 144 valence electrons. The number of anilines is 2. The summed E-state index contributed by atoms with van der Waals surface area (Å²) in [5.74, 6) is 1.47. The Bertz CT molecular complexity index is 788. The van der Waals surface area contributed by atoms with E-state index in [1.165, 1.54) is 25.7 Å². The number of pyridine rings is 2. The number of nitrogens with zero attached hydrogens (tertiary/aromatic N) is 4. The van der Waals surface area contributed by atoms with E-state index in [1.807, 2.05) is 31.3 Å². The summed E-state index contributed by atoms with van der Waals surface area (Å²) < 4.78 is 0. The average Bonchev–Trinajstić information content (AvgIpc) is 2.95. The van der Waals surface area contributed by atoms with Crippen molar-refractivity contribution in [2.75, 3.05) is 37.0 Å². The molecule has 0 atom stereocenters. The fraction of sp³-hybridized carbons (Fsp3) is 0.450. The first kappa shape index (κ1) is 19.4. The molecule has 0 unspecified atom stereocenters. The zero-order chi connectivity index (χ0) is 19.2. The first-order chi connectivity index (χ1) is 13.0. The van der Waals surface area contributed by atoms with Crippen LogP contribution in [0.25, 0.3) is 0 Å². The predicted octanol–water partition coefficient (Wildman–Crippen LogP) is 3.51. The van der Waals surface area contributed by atoms with Crippen molar-refractivity contribution in [2.45, 2.75) is 32.2 Å². The van der Waals surface area contributed by atoms with Crippen LogP contribution in [0.15, 0.2) is 30.5 Å². The lowest BCUT2D eigenvalue weighted by atomic mass is 10.2. The number of carbonyl (C=O) groups is 1. The highest BCUT2D eigenvalue weighted by molar-refractivity contribution is 6.29. The number of rotatable bonds is 5. The molecule has 1 N–H and O–H groups in total. The molecule has 7 heteroatoms. The molecular formula is C20H26ClN5O. The minimum absolute atomic E-state index is 0.171. The van der Waals surface area contributed by atoms with Crippen LogP contribution >= 0.6 is 11.6 Å². The van der Waals surface area contributed by atoms with Crippen LogP contribution in [-0.2, 0) is 6.54 Å². The average molecular weight is 388 g/mol. The van der Waals surface area contributed by atoms with Crippen molar-refractivity contribution in [2.24, 2.45) is 0 Å². The zero-order valence-electron chi connectivity index (χ0n) is 15.9. The molecule has 1 saturated heterocycles. The molecule has 1 amide bonds. The third-order valence-electron chi connectivity index (χ3n) is 4.69. The van der Waals surface area contributed by atoms with E-state index in [4.69, 9.17) is 11.6 Å². The Morgan fingerprint density at radius 3 is 2.63 bits per heavy atom. The molecule has 3 heterocycles. The largest absolute Gasteiger partial charge is 0.363 e. The van der Waals surface area contributed by atoms with Gasteiger partial charge in [0.2, 0.25) is 0 Å². The second-order valence-electron chi connectivity index (χ2n) is 7.04. The van der Waals surface area contributed by atoms with Crippen LogP contribution < -0.4 is 15.1 Å². The third kappa shape index (κ3) is 5.32. The normalized spacial score (nSPS) is 14.6. The molecule has 2 aromatic heterocycles. The summed E-state index contributed by atoms with van der Waals surface area (Å²) in [6, 6.07) is 7.32. The first-order valence-electron chi connectivity index (χ1n) is 9.36. The number of amides is 1. The molecule has 0 saturated carbocycles. The van der Waals surface area contributed by atoms with Gasteiger partial charge < -0.3 is 15.1 Å². The van der Waals surface area contributed by atoms with E-state index in [9.17, 15) is 4.79 Å². The summed E-state index contributed by atoms with van der Waals surface area (Å²) in [6.07, 6.45) is 6.81. The third-order valence-corrected chi connectivity index (χ3v) is 4.89. The van der Waals surface area contributed by atoms with Crippen LogP contribution in [0.5, 0.6) is 0 Å². The Hall–Kier alpha value is -2.34. The molecule has 0 aromatic carbocycles. The van der Waals surface area contributed by atoms with Gasteiger partial charge in [-0.1, -0.05) is 24.4 Å². The molecule has 1 fully saturated rings. The van der Waals surface area contributed by atoms with Crippen molar-refractivity contribution < 1.29 is 4.79 Å². The van der Waals surface area contributed by atoms with Gasteiger partial charge in [-0.2, -0.15) is 0 Å². The number of aromatic nitrogens is 2. The Kier molecular flexibility index (Phi) is 6.50. The maximum atomic E-state index is 12.5. The summed E-state index contributed by atoms with van der Waals surface area (Å²) in [6.45, 7) is 2.54. The first-order valence-corrected chi connectivity index (χ1v) is 9.74. The van der Waals surface area contributed by atoms with Crippen LogP contribution in [0, 0.1) is 0 Å². The summed E-state index contributed by atoms with van der Waals surface area (Å²) >= 11 is 6.04. The quantitative estimate of drug-likeness (QED) is 0.795. The van der Waals surface area contributed by atoms with E-state index >= 15 is 0 Å². The standard InChI is InChI=1S/C20H26ClN5O/c1-25(2)19-13-16(12-17(21)24-19)20(27)23-14-15-7-8-22-18(11-15)26-9-5-3-4-6-10-26/h7-8,11-13H,3-6,9-10,14H2,1-2H3,(H,23,27). The predicted molar refractivity (Wildman–Crippen MR) is 110 cm³/mol. The van der Waals surface area contributed by atoms with Crippen molar-refractivity contribution in [3.63, 3.8) is 0 Å². The van der Waals surface area contributed by atoms with Crippen LogP contribution in [-0.4, -0.2) is 43.1 Å². The van der Waals surface area contributed by atoms with Gasteiger partial charge in [-0.3, -0.25) is 4.79 Å². The second-order valence-corrected chi connectivity index (χ2v) is 7.42. The molecule has 6 nitrogen and oxygen atoms in total. The van der Waals surface area contributed by atoms with Crippen LogP contribution in [0.1, 0.15) is 41.6 Å². The SMILES string of the molecule is CN(C)c1cc(C(=O)NCc2ccnc(N3CCCCCC3)c2)cc(Cl)n1. The zero-order valence-corrected chi connectivity index (χ0v) is 16.7. The Balaban J connectivity index is 1.66. The number of carbonyl (C=O) groups excluding carboxylic acids is 1. The number of nitrogens with one attached hydrogen (secondary N) is 1. The van der Waals surface area contributed by atoms with Crippen LogP contribution in [0.2, 0.25) is 5.15 Å². The molecule has 3 rings (SSSR count). The fourth-order valence-corrected chi connectivity index (χ4v) is 3.38. The van der Waals surface area contributed by atoms with Gasteiger partial charge in [0.25, 0.3) is 5.91 Å². The van der Waals surface area contributed by atoms with Crippen molar-refractivity contribution >= 4 is 29.1 Å². The van der Waals surface area contributed by atoms with Gasteiger partial charge in [-0.05, 0) is 42.7 Å². The molecule has 0 radical (unpaired) electrons. The van der Waals surface area contributed by atoms with Gasteiger partial charge in [-0.25, -0.2) is 9.97 Å². The molecule has 1 aliphatic heterocycles. The van der Waals surface area contributed by atoms with E-state index in [2.05, 4.69) is 26.3 Å². The van der Waals surface area contributed by atoms with Crippen LogP contribution in [0.4, 0.5) is 11.6 Å². The minimum Gasteiger partial charge on any atom is -0.363 e. The maximum absolute atomic E-state index is 12.5. The summed E-state index contributed by atoms with van der Waals surface area (Å²) in [7, 11) is 3.73. The van der Waals surface area contributed by atoms with Gasteiger partial charge in [0.1, 0.15) is 16.8 Å². The topological polar surface area (TPSA) is 61.4 Å². The van der Waals surface area contributed by atoms with Gasteiger partial charge >= 0.3 is 0 Å². The highest BCUT2D eigenvalue weighted by atomic mass is 35.5. The monoisotopic (exact) mass is 387 g/mol. The lowest BCUT2D eigenvalue weighted by Gasteiger charge is -2.21. The van der Waals surface area contributed by atoms with E-state index in [0.29, 0.717) is 23.1 Å². The fourth-order valence-electron chi connectivity index (χ4n) is 3.17. The van der Waals surface area contributed by atoms with E-state index in [-0.39, 0.29) is 5.91 Å². The Labute approximate surface area is 165 Å². The van der Waals surface area contributed by atoms with E-state index in [0.717, 1.165) is 24.5 Å². The van der Waals surface area contributed by atoms with Gasteiger partial charge in [-0.15, -0.1) is 0 Å². The number of halogens is 1. The van der Waals surface area contributed by atoms with E-state index in [1.54, 1.807) is 12.1 Å². The number of hydrogen-bond acceptors (Lipinski definition) is 5. The molecule has 0 aliphatic carbocycles. The Morgan fingerprint density at radius 1 is 1.19 bits per heavy atom. The lowest BCUT2D eigenvalue weighted by molar-refractivity contribution is 0.0951. The minimum atomic E-state index is -0.171. The maximum Gasteiger partial charge on any atom is 0.251 e. The van der Waals surface area contributed by atoms with Gasteiger partial charge in [0.05, 0.1) is 0 Å². The smallest absolute Gasteiger partial charge is 0.251 e. The summed E-state index contributed by atoms with van der Waals surface area (Å²) in [4.78, 5) is 25.4. The highest BCUT2D eigenvalue weighted by Gasteiger charge is 2.13. The second kappa shape index (κ2) is 9.04. The van der Waals surface area contributed by atoms with Crippen molar-refractivity contribution in [1.29, 1.82) is 0 Å². The lowest BCUT2D eigenvalue weighted by Crippen LogP contribution is -2.26. The van der Waals surface area contributed by atoms with Gasteiger partial charge in [0.15, 0.2) is 0 Å². The summed E-state index contributed by atoms with van der Waals surface area (Å²) in [5.41, 5.74) is 1.53. The molecule has 27 heavy (non-hydrogen) atoms. The van der Waals surface area contributed by atoms with Crippen LogP contribution in [0.3, 0.4) is 0 Å². The van der Waals surface area contributed by atoms with Crippen molar-refractivity contribution in [3.8, 4) is 0 Å². The van der Waals surface area contributed by atoms with Crippen molar-refractivity contribution in [3.05, 3.63) is 46.7 Å².